The van der Waals surface area contributed by atoms with Crippen LogP contribution in [0.25, 0.3) is 10.8 Å². The highest BCUT2D eigenvalue weighted by molar-refractivity contribution is 8.21. The smallest absolute Gasteiger partial charge is 0.221 e. The van der Waals surface area contributed by atoms with E-state index in [2.05, 4.69) is 4.98 Å². The SMILES string of the molecule is COc1nccc2c(SCl)cccc12. The van der Waals surface area contributed by atoms with Crippen LogP contribution >= 0.6 is 21.7 Å². The molecular formula is C10H8ClNOS. The lowest BCUT2D eigenvalue weighted by Gasteiger charge is -2.05. The number of nitrogens with zero attached hydrogens (tertiary/aromatic N) is 1. The molecule has 0 spiro atoms. The second kappa shape index (κ2) is 4.07. The normalized spacial score (nSPS) is 10.4. The summed E-state index contributed by atoms with van der Waals surface area (Å²) >= 11 is 0. The molecule has 0 aliphatic rings. The molecule has 0 amide bonds. The predicted molar refractivity (Wildman–Crippen MR) is 60.0 cm³/mol. The minimum Gasteiger partial charge on any atom is -0.481 e. The van der Waals surface area contributed by atoms with Crippen molar-refractivity contribution in [3.63, 3.8) is 0 Å². The summed E-state index contributed by atoms with van der Waals surface area (Å²) in [5, 5.41) is 2.06. The summed E-state index contributed by atoms with van der Waals surface area (Å²) in [6, 6.07) is 7.82. The Hall–Kier alpha value is -0.930. The van der Waals surface area contributed by atoms with Gasteiger partial charge in [0.05, 0.1) is 7.11 Å². The molecule has 1 aromatic carbocycles. The van der Waals surface area contributed by atoms with Crippen molar-refractivity contribution in [1.29, 1.82) is 0 Å². The number of halogens is 1. The maximum Gasteiger partial charge on any atom is 0.221 e. The van der Waals surface area contributed by atoms with E-state index in [1.165, 1.54) is 11.0 Å². The molecule has 0 saturated heterocycles. The van der Waals surface area contributed by atoms with Gasteiger partial charge >= 0.3 is 0 Å². The fourth-order valence-corrected chi connectivity index (χ4v) is 2.18. The Morgan fingerprint density at radius 1 is 1.29 bits per heavy atom. The summed E-state index contributed by atoms with van der Waals surface area (Å²) in [6.45, 7) is 0. The molecule has 1 heterocycles. The standard InChI is InChI=1S/C10H8ClNOS/c1-13-10-8-3-2-4-9(14-11)7(8)5-6-12-10/h2-6H,1H3. The summed E-state index contributed by atoms with van der Waals surface area (Å²) in [4.78, 5) is 5.14. The van der Waals surface area contributed by atoms with Crippen molar-refractivity contribution in [3.8, 4) is 5.88 Å². The van der Waals surface area contributed by atoms with Gasteiger partial charge in [-0.2, -0.15) is 0 Å². The van der Waals surface area contributed by atoms with E-state index in [0.29, 0.717) is 5.88 Å². The number of fused-ring (bicyclic) bond motifs is 1. The predicted octanol–water partition coefficient (Wildman–Crippen LogP) is 3.49. The molecule has 14 heavy (non-hydrogen) atoms. The number of methoxy groups -OCH3 is 1. The molecule has 2 nitrogen and oxygen atoms in total. The highest BCUT2D eigenvalue weighted by Gasteiger charge is 2.05. The zero-order valence-corrected chi connectivity index (χ0v) is 9.10. The van der Waals surface area contributed by atoms with Gasteiger partial charge in [-0.15, -0.1) is 0 Å². The van der Waals surface area contributed by atoms with Gasteiger partial charge in [0.15, 0.2) is 0 Å². The summed E-state index contributed by atoms with van der Waals surface area (Å²) in [5.41, 5.74) is 0. The second-order valence-electron chi connectivity index (χ2n) is 2.75. The van der Waals surface area contributed by atoms with Gasteiger partial charge in [0.1, 0.15) is 0 Å². The zero-order valence-electron chi connectivity index (χ0n) is 7.53. The molecule has 0 atom stereocenters. The average molecular weight is 226 g/mol. The minimum absolute atomic E-state index is 0.634. The highest BCUT2D eigenvalue weighted by atomic mass is 35.7. The number of benzene rings is 1. The lowest BCUT2D eigenvalue weighted by Crippen LogP contribution is -1.88. The van der Waals surface area contributed by atoms with Crippen molar-refractivity contribution in [3.05, 3.63) is 30.5 Å². The van der Waals surface area contributed by atoms with Gasteiger partial charge in [-0.25, -0.2) is 4.98 Å². The second-order valence-corrected chi connectivity index (χ2v) is 3.81. The molecule has 0 unspecified atom stereocenters. The number of hydrogen-bond donors (Lipinski definition) is 0. The number of rotatable bonds is 2. The van der Waals surface area contributed by atoms with Gasteiger partial charge in [0, 0.05) is 21.9 Å². The molecule has 1 aromatic heterocycles. The van der Waals surface area contributed by atoms with Gasteiger partial charge in [0.25, 0.3) is 0 Å². The first-order chi connectivity index (χ1) is 6.86. The first-order valence-electron chi connectivity index (χ1n) is 4.07. The maximum absolute atomic E-state index is 5.76. The molecule has 0 saturated carbocycles. The van der Waals surface area contributed by atoms with Crippen LogP contribution in [-0.4, -0.2) is 12.1 Å². The van der Waals surface area contributed by atoms with Crippen LogP contribution in [0, 0.1) is 0 Å². The largest absolute Gasteiger partial charge is 0.481 e. The van der Waals surface area contributed by atoms with Crippen LogP contribution in [0.3, 0.4) is 0 Å². The van der Waals surface area contributed by atoms with Crippen molar-refractivity contribution in [2.24, 2.45) is 0 Å². The third-order valence-corrected chi connectivity index (χ3v) is 3.03. The van der Waals surface area contributed by atoms with E-state index in [9.17, 15) is 0 Å². The van der Waals surface area contributed by atoms with Crippen molar-refractivity contribution >= 4 is 32.4 Å². The molecular weight excluding hydrogens is 218 g/mol. The van der Waals surface area contributed by atoms with Crippen LogP contribution in [0.15, 0.2) is 35.4 Å². The van der Waals surface area contributed by atoms with Crippen molar-refractivity contribution in [1.82, 2.24) is 4.98 Å². The van der Waals surface area contributed by atoms with E-state index < -0.39 is 0 Å². The Morgan fingerprint density at radius 3 is 2.86 bits per heavy atom. The number of aromatic nitrogens is 1. The Balaban J connectivity index is 2.77. The van der Waals surface area contributed by atoms with Crippen LogP contribution in [0.1, 0.15) is 0 Å². The molecule has 0 aliphatic heterocycles. The summed E-state index contributed by atoms with van der Waals surface area (Å²) in [7, 11) is 8.58. The van der Waals surface area contributed by atoms with Crippen LogP contribution in [-0.2, 0) is 0 Å². The van der Waals surface area contributed by atoms with Gasteiger partial charge in [-0.1, -0.05) is 6.07 Å². The molecule has 2 aromatic rings. The number of hydrogen-bond acceptors (Lipinski definition) is 3. The Labute approximate surface area is 90.7 Å². The van der Waals surface area contributed by atoms with Crippen LogP contribution < -0.4 is 4.74 Å². The van der Waals surface area contributed by atoms with Gasteiger partial charge in [-0.05, 0) is 39.9 Å². The fraction of sp³-hybridized carbons (Fsp3) is 0.100. The van der Waals surface area contributed by atoms with Crippen molar-refractivity contribution < 1.29 is 4.74 Å². The van der Waals surface area contributed by atoms with Crippen molar-refractivity contribution in [2.45, 2.75) is 4.90 Å². The Kier molecular flexibility index (Phi) is 2.79. The van der Waals surface area contributed by atoms with Gasteiger partial charge in [-0.3, -0.25) is 0 Å². The molecule has 0 bridgehead atoms. The quantitative estimate of drug-likeness (QED) is 0.781. The third kappa shape index (κ3) is 1.53. The number of ether oxygens (including phenoxy) is 1. The topological polar surface area (TPSA) is 22.1 Å². The lowest BCUT2D eigenvalue weighted by atomic mass is 10.2. The van der Waals surface area contributed by atoms with Crippen LogP contribution in [0.2, 0.25) is 0 Å². The van der Waals surface area contributed by atoms with Gasteiger partial charge in [0.2, 0.25) is 5.88 Å². The average Bonchev–Trinajstić information content (AvgIpc) is 2.27. The van der Waals surface area contributed by atoms with Crippen LogP contribution in [0.4, 0.5) is 0 Å². The first-order valence-corrected chi connectivity index (χ1v) is 5.71. The van der Waals surface area contributed by atoms with E-state index in [4.69, 9.17) is 15.4 Å². The third-order valence-electron chi connectivity index (χ3n) is 2.01. The Morgan fingerprint density at radius 2 is 2.14 bits per heavy atom. The minimum atomic E-state index is 0.634. The molecule has 0 N–H and O–H groups in total. The summed E-state index contributed by atoms with van der Waals surface area (Å²) in [5.74, 6) is 0.634. The molecule has 0 aliphatic carbocycles. The summed E-state index contributed by atoms with van der Waals surface area (Å²) in [6.07, 6.45) is 1.72. The molecule has 0 radical (unpaired) electrons. The maximum atomic E-state index is 5.76. The number of pyridine rings is 1. The summed E-state index contributed by atoms with van der Waals surface area (Å²) < 4.78 is 5.16. The zero-order chi connectivity index (χ0) is 9.97. The van der Waals surface area contributed by atoms with Crippen LogP contribution in [0.5, 0.6) is 5.88 Å². The lowest BCUT2D eigenvalue weighted by molar-refractivity contribution is 0.403. The monoisotopic (exact) mass is 225 g/mol. The van der Waals surface area contributed by atoms with E-state index in [0.717, 1.165) is 15.7 Å². The molecule has 2 rings (SSSR count). The van der Waals surface area contributed by atoms with Crippen molar-refractivity contribution in [2.75, 3.05) is 7.11 Å². The molecule has 72 valence electrons. The highest BCUT2D eigenvalue weighted by Crippen LogP contribution is 2.33. The first kappa shape index (κ1) is 9.62. The van der Waals surface area contributed by atoms with E-state index in [-0.39, 0.29) is 0 Å². The van der Waals surface area contributed by atoms with E-state index in [1.807, 2.05) is 24.3 Å². The van der Waals surface area contributed by atoms with E-state index >= 15 is 0 Å². The molecule has 4 heteroatoms. The van der Waals surface area contributed by atoms with E-state index in [1.54, 1.807) is 13.3 Å². The molecule has 0 fully saturated rings. The van der Waals surface area contributed by atoms with Gasteiger partial charge < -0.3 is 4.74 Å². The Bertz CT molecular complexity index is 418. The fourth-order valence-electron chi connectivity index (χ4n) is 1.38.